The molecule has 0 saturated carbocycles. The van der Waals surface area contributed by atoms with Crippen molar-refractivity contribution in [1.29, 1.82) is 0 Å². The van der Waals surface area contributed by atoms with Gasteiger partial charge in [-0.25, -0.2) is 12.8 Å². The van der Waals surface area contributed by atoms with Gasteiger partial charge < -0.3 is 5.11 Å². The first-order valence-corrected chi connectivity index (χ1v) is 8.03. The SMILES string of the molecule is CCCCS(=O)(=O)Nc1ccc(F)c(C#CCCO)c1. The van der Waals surface area contributed by atoms with E-state index in [9.17, 15) is 12.8 Å². The van der Waals surface area contributed by atoms with Crippen LogP contribution in [0.4, 0.5) is 10.1 Å². The number of sulfonamides is 1. The van der Waals surface area contributed by atoms with Gasteiger partial charge in [0.05, 0.1) is 17.9 Å². The predicted molar refractivity (Wildman–Crippen MR) is 77.3 cm³/mol. The molecule has 4 nitrogen and oxygen atoms in total. The Bertz CT molecular complexity index is 603. The molecule has 110 valence electrons. The van der Waals surface area contributed by atoms with Crippen LogP contribution in [0, 0.1) is 17.7 Å². The van der Waals surface area contributed by atoms with Gasteiger partial charge in [0.1, 0.15) is 5.82 Å². The Balaban J connectivity index is 2.88. The van der Waals surface area contributed by atoms with Crippen LogP contribution in [-0.4, -0.2) is 25.9 Å². The maximum atomic E-state index is 13.5. The van der Waals surface area contributed by atoms with E-state index in [-0.39, 0.29) is 30.0 Å². The fourth-order valence-corrected chi connectivity index (χ4v) is 2.72. The van der Waals surface area contributed by atoms with E-state index in [1.54, 1.807) is 0 Å². The number of nitrogens with one attached hydrogen (secondary N) is 1. The summed E-state index contributed by atoms with van der Waals surface area (Å²) >= 11 is 0. The minimum Gasteiger partial charge on any atom is -0.395 e. The molecule has 0 amide bonds. The van der Waals surface area contributed by atoms with Crippen molar-refractivity contribution in [3.05, 3.63) is 29.6 Å². The van der Waals surface area contributed by atoms with Gasteiger partial charge >= 0.3 is 0 Å². The Hall–Kier alpha value is -1.58. The van der Waals surface area contributed by atoms with Gasteiger partial charge in [0.2, 0.25) is 10.0 Å². The van der Waals surface area contributed by atoms with E-state index in [0.717, 1.165) is 6.42 Å². The van der Waals surface area contributed by atoms with E-state index in [4.69, 9.17) is 5.11 Å². The molecule has 0 fully saturated rings. The van der Waals surface area contributed by atoms with Crippen molar-refractivity contribution in [3.8, 4) is 11.8 Å². The number of anilines is 1. The second kappa shape index (κ2) is 7.88. The van der Waals surface area contributed by atoms with Crippen molar-refractivity contribution in [2.75, 3.05) is 17.1 Å². The molecule has 0 saturated heterocycles. The number of benzene rings is 1. The maximum absolute atomic E-state index is 13.5. The highest BCUT2D eigenvalue weighted by Crippen LogP contribution is 2.15. The summed E-state index contributed by atoms with van der Waals surface area (Å²) in [6.45, 7) is 1.81. The fourth-order valence-electron chi connectivity index (χ4n) is 1.46. The van der Waals surface area contributed by atoms with Gasteiger partial charge in [-0.3, -0.25) is 4.72 Å². The van der Waals surface area contributed by atoms with Crippen LogP contribution in [0.5, 0.6) is 0 Å². The zero-order chi connectivity index (χ0) is 15.0. The van der Waals surface area contributed by atoms with Crippen molar-refractivity contribution in [2.45, 2.75) is 26.2 Å². The van der Waals surface area contributed by atoms with Crippen LogP contribution < -0.4 is 4.72 Å². The van der Waals surface area contributed by atoms with Crippen LogP contribution in [0.1, 0.15) is 31.7 Å². The third-order valence-corrected chi connectivity index (χ3v) is 3.84. The third kappa shape index (κ3) is 5.59. The van der Waals surface area contributed by atoms with E-state index < -0.39 is 15.8 Å². The molecule has 2 N–H and O–H groups in total. The highest BCUT2D eigenvalue weighted by Gasteiger charge is 2.10. The normalized spacial score (nSPS) is 10.8. The molecule has 0 aromatic heterocycles. The molecule has 0 atom stereocenters. The van der Waals surface area contributed by atoms with E-state index in [0.29, 0.717) is 6.42 Å². The molecule has 0 heterocycles. The zero-order valence-corrected chi connectivity index (χ0v) is 12.1. The van der Waals surface area contributed by atoms with Gasteiger partial charge in [-0.15, -0.1) is 0 Å². The van der Waals surface area contributed by atoms with Gasteiger partial charge in [-0.05, 0) is 24.6 Å². The average Bonchev–Trinajstić information content (AvgIpc) is 2.40. The van der Waals surface area contributed by atoms with E-state index in [1.807, 2.05) is 6.92 Å². The lowest BCUT2D eigenvalue weighted by molar-refractivity contribution is 0.305. The number of hydrogen-bond donors (Lipinski definition) is 2. The van der Waals surface area contributed by atoms with E-state index in [1.165, 1.54) is 18.2 Å². The maximum Gasteiger partial charge on any atom is 0.232 e. The largest absolute Gasteiger partial charge is 0.395 e. The van der Waals surface area contributed by atoms with Crippen molar-refractivity contribution in [1.82, 2.24) is 0 Å². The van der Waals surface area contributed by atoms with Crippen LogP contribution in [0.3, 0.4) is 0 Å². The van der Waals surface area contributed by atoms with Crippen molar-refractivity contribution in [2.24, 2.45) is 0 Å². The Kier molecular flexibility index (Phi) is 6.49. The number of unbranched alkanes of at least 4 members (excludes halogenated alkanes) is 1. The summed E-state index contributed by atoms with van der Waals surface area (Å²) in [6, 6.07) is 3.87. The number of aliphatic hydroxyl groups is 1. The molecule has 1 rings (SSSR count). The zero-order valence-electron chi connectivity index (χ0n) is 11.3. The first-order chi connectivity index (χ1) is 9.48. The number of rotatable bonds is 6. The summed E-state index contributed by atoms with van der Waals surface area (Å²) < 4.78 is 39.4. The molecule has 0 bridgehead atoms. The summed E-state index contributed by atoms with van der Waals surface area (Å²) in [5.41, 5.74) is 0.393. The second-order valence-corrected chi connectivity index (χ2v) is 6.09. The van der Waals surface area contributed by atoms with Crippen molar-refractivity contribution >= 4 is 15.7 Å². The summed E-state index contributed by atoms with van der Waals surface area (Å²) in [7, 11) is -3.41. The molecule has 1 aromatic carbocycles. The first-order valence-electron chi connectivity index (χ1n) is 6.38. The lowest BCUT2D eigenvalue weighted by Gasteiger charge is -2.08. The van der Waals surface area contributed by atoms with Gasteiger partial charge in [-0.2, -0.15) is 0 Å². The number of aliphatic hydroxyl groups excluding tert-OH is 1. The fraction of sp³-hybridized carbons (Fsp3) is 0.429. The minimum atomic E-state index is -3.41. The highest BCUT2D eigenvalue weighted by molar-refractivity contribution is 7.92. The van der Waals surface area contributed by atoms with Gasteiger partial charge in [-0.1, -0.05) is 25.2 Å². The van der Waals surface area contributed by atoms with Gasteiger partial charge in [0, 0.05) is 12.1 Å². The predicted octanol–water partition coefficient (Wildman–Crippen LogP) is 2.10. The molecule has 6 heteroatoms. The third-order valence-electron chi connectivity index (χ3n) is 2.47. The van der Waals surface area contributed by atoms with Crippen molar-refractivity contribution in [3.63, 3.8) is 0 Å². The minimum absolute atomic E-state index is 0.0341. The van der Waals surface area contributed by atoms with Crippen LogP contribution in [0.15, 0.2) is 18.2 Å². The topological polar surface area (TPSA) is 66.4 Å². The lowest BCUT2D eigenvalue weighted by Crippen LogP contribution is -2.16. The molecule has 0 aliphatic rings. The standard InChI is InChI=1S/C14H18FNO3S/c1-2-3-10-20(18,19)16-13-7-8-14(15)12(11-13)6-4-5-9-17/h7-8,11,16-17H,2-3,5,9-10H2,1H3. The summed E-state index contributed by atoms with van der Waals surface area (Å²) in [6.07, 6.45) is 1.59. The molecular weight excluding hydrogens is 281 g/mol. The molecule has 0 unspecified atom stereocenters. The Labute approximate surface area is 119 Å². The van der Waals surface area contributed by atoms with E-state index >= 15 is 0 Å². The van der Waals surface area contributed by atoms with Crippen LogP contribution in [-0.2, 0) is 10.0 Å². The average molecular weight is 299 g/mol. The van der Waals surface area contributed by atoms with Crippen LogP contribution >= 0.6 is 0 Å². The van der Waals surface area contributed by atoms with Gasteiger partial charge in [0.15, 0.2) is 0 Å². The summed E-state index contributed by atoms with van der Waals surface area (Å²) in [4.78, 5) is 0. The van der Waals surface area contributed by atoms with E-state index in [2.05, 4.69) is 16.6 Å². The smallest absolute Gasteiger partial charge is 0.232 e. The lowest BCUT2D eigenvalue weighted by atomic mass is 10.2. The van der Waals surface area contributed by atoms with Crippen LogP contribution in [0.25, 0.3) is 0 Å². The summed E-state index contributed by atoms with van der Waals surface area (Å²) in [5.74, 6) is 4.68. The molecule has 0 aliphatic heterocycles. The Morgan fingerprint density at radius 2 is 2.15 bits per heavy atom. The molecule has 0 radical (unpaired) electrons. The Morgan fingerprint density at radius 1 is 1.40 bits per heavy atom. The molecular formula is C14H18FNO3S. The molecule has 0 spiro atoms. The molecule has 0 aliphatic carbocycles. The quantitative estimate of drug-likeness (QED) is 0.791. The Morgan fingerprint density at radius 3 is 2.80 bits per heavy atom. The summed E-state index contributed by atoms with van der Waals surface area (Å²) in [5, 5.41) is 8.62. The molecule has 1 aromatic rings. The first kappa shape index (κ1) is 16.5. The van der Waals surface area contributed by atoms with Crippen molar-refractivity contribution < 1.29 is 17.9 Å². The highest BCUT2D eigenvalue weighted by atomic mass is 32.2. The molecule has 20 heavy (non-hydrogen) atoms. The monoisotopic (exact) mass is 299 g/mol. The number of hydrogen-bond acceptors (Lipinski definition) is 3. The van der Waals surface area contributed by atoms with Crippen LogP contribution in [0.2, 0.25) is 0 Å². The van der Waals surface area contributed by atoms with Gasteiger partial charge in [0.25, 0.3) is 0 Å². The number of halogens is 1. The second-order valence-electron chi connectivity index (χ2n) is 4.24.